The quantitative estimate of drug-likeness (QED) is 0.679. The topological polar surface area (TPSA) is 45.8 Å². The minimum Gasteiger partial charge on any atom is -0.310 e. The Hall–Kier alpha value is -1.12. The molecule has 3 heteroatoms. The lowest BCUT2D eigenvalue weighted by atomic mass is 10.1. The Kier molecular flexibility index (Phi) is 1.37. The third kappa shape index (κ3) is 1.15. The zero-order valence-corrected chi connectivity index (χ0v) is 7.29. The highest BCUT2D eigenvalue weighted by molar-refractivity contribution is 5.14. The molecule has 0 amide bonds. The number of nitrogens with zero attached hydrogens (tertiary/aromatic N) is 1. The molecule has 0 radical (unpaired) electrons. The van der Waals surface area contributed by atoms with Crippen LogP contribution in [0.15, 0.2) is 17.1 Å². The minimum absolute atomic E-state index is 0.0531. The Bertz CT molecular complexity index is 354. The second-order valence-corrected chi connectivity index (χ2v) is 4.06. The number of nitrogens with one attached hydrogen (secondary N) is 1. The van der Waals surface area contributed by atoms with Gasteiger partial charge in [0, 0.05) is 18.2 Å². The van der Waals surface area contributed by atoms with E-state index in [-0.39, 0.29) is 5.56 Å². The monoisotopic (exact) mass is 164 g/mol. The predicted molar refractivity (Wildman–Crippen MR) is 46.0 cm³/mol. The first-order valence-corrected chi connectivity index (χ1v) is 4.15. The summed E-state index contributed by atoms with van der Waals surface area (Å²) in [6, 6.07) is 1.44. The number of aromatic amines is 1. The molecule has 1 saturated carbocycles. The first-order valence-electron chi connectivity index (χ1n) is 4.15. The molecule has 2 rings (SSSR count). The van der Waals surface area contributed by atoms with Crippen molar-refractivity contribution in [2.24, 2.45) is 5.41 Å². The van der Waals surface area contributed by atoms with E-state index >= 15 is 0 Å². The average molecular weight is 164 g/mol. The molecule has 64 valence electrons. The van der Waals surface area contributed by atoms with E-state index < -0.39 is 0 Å². The van der Waals surface area contributed by atoms with E-state index in [4.69, 9.17) is 0 Å². The van der Waals surface area contributed by atoms with Gasteiger partial charge in [0.25, 0.3) is 5.56 Å². The maximum Gasteiger partial charge on any atom is 0.250 e. The van der Waals surface area contributed by atoms with Gasteiger partial charge in [0.15, 0.2) is 0 Å². The van der Waals surface area contributed by atoms with Crippen molar-refractivity contribution in [3.8, 4) is 0 Å². The lowest BCUT2D eigenvalue weighted by molar-refractivity contribution is 0.607. The van der Waals surface area contributed by atoms with Gasteiger partial charge in [-0.25, -0.2) is 4.98 Å². The normalized spacial score (nSPS) is 25.3. The predicted octanol–water partition coefficient (Wildman–Crippen LogP) is 1.28. The van der Waals surface area contributed by atoms with E-state index in [9.17, 15) is 4.79 Å². The first kappa shape index (κ1) is 7.53. The molecule has 0 aliphatic heterocycles. The van der Waals surface area contributed by atoms with Crippen LogP contribution in [0.5, 0.6) is 0 Å². The van der Waals surface area contributed by atoms with Crippen molar-refractivity contribution in [2.45, 2.75) is 26.2 Å². The molecule has 1 heterocycles. The zero-order chi connectivity index (χ0) is 8.77. The van der Waals surface area contributed by atoms with Gasteiger partial charge in [-0.15, -0.1) is 0 Å². The Morgan fingerprint density at radius 1 is 1.67 bits per heavy atom. The van der Waals surface area contributed by atoms with Crippen LogP contribution in [0.3, 0.4) is 0 Å². The molecule has 1 N–H and O–H groups in total. The Labute approximate surface area is 70.9 Å². The van der Waals surface area contributed by atoms with E-state index in [1.165, 1.54) is 6.07 Å². The van der Waals surface area contributed by atoms with Gasteiger partial charge < -0.3 is 4.98 Å². The zero-order valence-electron chi connectivity index (χ0n) is 7.29. The maximum atomic E-state index is 10.9. The minimum atomic E-state index is -0.0531. The van der Waals surface area contributed by atoms with Gasteiger partial charge in [-0.2, -0.15) is 0 Å². The van der Waals surface area contributed by atoms with E-state index in [0.717, 1.165) is 12.2 Å². The van der Waals surface area contributed by atoms with Crippen LogP contribution < -0.4 is 5.56 Å². The molecule has 1 aromatic rings. The molecule has 1 atom stereocenters. The van der Waals surface area contributed by atoms with Crippen molar-refractivity contribution in [1.82, 2.24) is 9.97 Å². The van der Waals surface area contributed by atoms with Gasteiger partial charge >= 0.3 is 0 Å². The van der Waals surface area contributed by atoms with E-state index in [1.54, 1.807) is 6.20 Å². The van der Waals surface area contributed by atoms with E-state index in [1.807, 2.05) is 0 Å². The van der Waals surface area contributed by atoms with Crippen LogP contribution >= 0.6 is 0 Å². The number of aromatic nitrogens is 2. The SMILES string of the molecule is CC1(C)CC1c1nccc(=O)[nH]1. The second-order valence-electron chi connectivity index (χ2n) is 4.06. The first-order chi connectivity index (χ1) is 5.59. The average Bonchev–Trinajstić information content (AvgIpc) is 2.60. The van der Waals surface area contributed by atoms with E-state index in [0.29, 0.717) is 11.3 Å². The third-order valence-corrected chi connectivity index (χ3v) is 2.53. The second kappa shape index (κ2) is 2.19. The van der Waals surface area contributed by atoms with Gasteiger partial charge in [0.05, 0.1) is 0 Å². The van der Waals surface area contributed by atoms with Crippen molar-refractivity contribution in [3.63, 3.8) is 0 Å². The van der Waals surface area contributed by atoms with Gasteiger partial charge in [-0.1, -0.05) is 13.8 Å². The fourth-order valence-electron chi connectivity index (χ4n) is 1.50. The van der Waals surface area contributed by atoms with Crippen LogP contribution in [-0.2, 0) is 0 Å². The number of hydrogen-bond donors (Lipinski definition) is 1. The molecule has 1 aromatic heterocycles. The van der Waals surface area contributed by atoms with E-state index in [2.05, 4.69) is 23.8 Å². The van der Waals surface area contributed by atoms with Crippen molar-refractivity contribution >= 4 is 0 Å². The van der Waals surface area contributed by atoms with Crippen molar-refractivity contribution < 1.29 is 0 Å². The molecule has 3 nitrogen and oxygen atoms in total. The Morgan fingerprint density at radius 2 is 2.33 bits per heavy atom. The van der Waals surface area contributed by atoms with Gasteiger partial charge in [0.1, 0.15) is 5.82 Å². The van der Waals surface area contributed by atoms with Crippen LogP contribution in [0.25, 0.3) is 0 Å². The summed E-state index contributed by atoms with van der Waals surface area (Å²) in [6.45, 7) is 4.37. The molecule has 1 aliphatic carbocycles. The summed E-state index contributed by atoms with van der Waals surface area (Å²) >= 11 is 0. The van der Waals surface area contributed by atoms with Crippen molar-refractivity contribution in [3.05, 3.63) is 28.4 Å². The van der Waals surface area contributed by atoms with Crippen molar-refractivity contribution in [2.75, 3.05) is 0 Å². The van der Waals surface area contributed by atoms with Gasteiger partial charge in [0.2, 0.25) is 0 Å². The van der Waals surface area contributed by atoms with Crippen LogP contribution in [0.4, 0.5) is 0 Å². The maximum absolute atomic E-state index is 10.9. The summed E-state index contributed by atoms with van der Waals surface area (Å²) in [6.07, 6.45) is 2.70. The summed E-state index contributed by atoms with van der Waals surface area (Å²) in [5.74, 6) is 1.29. The highest BCUT2D eigenvalue weighted by Gasteiger charge is 2.48. The van der Waals surface area contributed by atoms with Crippen LogP contribution in [0, 0.1) is 5.41 Å². The molecule has 0 bridgehead atoms. The smallest absolute Gasteiger partial charge is 0.250 e. The largest absolute Gasteiger partial charge is 0.310 e. The fraction of sp³-hybridized carbons (Fsp3) is 0.556. The molecule has 0 aromatic carbocycles. The molecule has 0 spiro atoms. The summed E-state index contributed by atoms with van der Waals surface area (Å²) < 4.78 is 0. The third-order valence-electron chi connectivity index (χ3n) is 2.53. The molecular weight excluding hydrogens is 152 g/mol. The Balaban J connectivity index is 2.32. The standard InChI is InChI=1S/C9H12N2O/c1-9(2)5-6(9)8-10-4-3-7(12)11-8/h3-4,6H,5H2,1-2H3,(H,10,11,12). The highest BCUT2D eigenvalue weighted by atomic mass is 16.1. The van der Waals surface area contributed by atoms with Crippen LogP contribution in [0.1, 0.15) is 32.0 Å². The molecule has 0 saturated heterocycles. The Morgan fingerprint density at radius 3 is 2.83 bits per heavy atom. The lowest BCUT2D eigenvalue weighted by Crippen LogP contribution is -2.09. The van der Waals surface area contributed by atoms with Crippen molar-refractivity contribution in [1.29, 1.82) is 0 Å². The fourth-order valence-corrected chi connectivity index (χ4v) is 1.50. The summed E-state index contributed by atoms with van der Waals surface area (Å²) in [7, 11) is 0. The summed E-state index contributed by atoms with van der Waals surface area (Å²) in [4.78, 5) is 17.8. The molecule has 1 fully saturated rings. The molecule has 12 heavy (non-hydrogen) atoms. The van der Waals surface area contributed by atoms with Crippen LogP contribution in [-0.4, -0.2) is 9.97 Å². The lowest BCUT2D eigenvalue weighted by Gasteiger charge is -2.00. The molecule has 1 aliphatic rings. The van der Waals surface area contributed by atoms with Gasteiger partial charge in [-0.3, -0.25) is 4.79 Å². The summed E-state index contributed by atoms with van der Waals surface area (Å²) in [5.41, 5.74) is 0.278. The number of H-pyrrole nitrogens is 1. The van der Waals surface area contributed by atoms with Crippen LogP contribution in [0.2, 0.25) is 0 Å². The van der Waals surface area contributed by atoms with Gasteiger partial charge in [-0.05, 0) is 11.8 Å². The summed E-state index contributed by atoms with van der Waals surface area (Å²) in [5, 5.41) is 0. The number of rotatable bonds is 1. The number of hydrogen-bond acceptors (Lipinski definition) is 2. The molecular formula is C9H12N2O. The molecule has 1 unspecified atom stereocenters. The highest BCUT2D eigenvalue weighted by Crippen LogP contribution is 2.57.